The van der Waals surface area contributed by atoms with Gasteiger partial charge in [-0.2, -0.15) is 0 Å². The third-order valence-corrected chi connectivity index (χ3v) is 4.24. The van der Waals surface area contributed by atoms with Gasteiger partial charge in [0.25, 0.3) is 0 Å². The van der Waals surface area contributed by atoms with Crippen LogP contribution in [0.3, 0.4) is 0 Å². The Kier molecular flexibility index (Phi) is 3.90. The minimum atomic E-state index is -0.426. The summed E-state index contributed by atoms with van der Waals surface area (Å²) in [6, 6.07) is -0.294. The monoisotopic (exact) mass is 253 g/mol. The number of nitrogens with one attached hydrogen (secondary N) is 2. The SMILES string of the molecule is CCC1C(=O)NCCN1C(=O)C1(CC)CCCN1. The zero-order valence-electron chi connectivity index (χ0n) is 11.3. The van der Waals surface area contributed by atoms with Gasteiger partial charge in [-0.05, 0) is 32.2 Å². The Labute approximate surface area is 108 Å². The molecule has 2 saturated heterocycles. The first-order valence-electron chi connectivity index (χ1n) is 6.98. The molecular formula is C13H23N3O2. The summed E-state index contributed by atoms with van der Waals surface area (Å²) in [4.78, 5) is 26.4. The summed E-state index contributed by atoms with van der Waals surface area (Å²) in [7, 11) is 0. The second kappa shape index (κ2) is 5.26. The topological polar surface area (TPSA) is 61.4 Å². The summed E-state index contributed by atoms with van der Waals surface area (Å²) in [5.74, 6) is 0.102. The largest absolute Gasteiger partial charge is 0.353 e. The third-order valence-electron chi connectivity index (χ3n) is 4.24. The van der Waals surface area contributed by atoms with Gasteiger partial charge < -0.3 is 15.5 Å². The second-order valence-electron chi connectivity index (χ2n) is 5.18. The summed E-state index contributed by atoms with van der Waals surface area (Å²) < 4.78 is 0. The maximum Gasteiger partial charge on any atom is 0.243 e. The molecule has 5 heteroatoms. The zero-order valence-corrected chi connectivity index (χ0v) is 11.3. The smallest absolute Gasteiger partial charge is 0.243 e. The van der Waals surface area contributed by atoms with E-state index in [-0.39, 0.29) is 17.9 Å². The van der Waals surface area contributed by atoms with Crippen LogP contribution in [-0.2, 0) is 9.59 Å². The van der Waals surface area contributed by atoms with Gasteiger partial charge in [0.05, 0.1) is 5.54 Å². The summed E-state index contributed by atoms with van der Waals surface area (Å²) in [6.07, 6.45) is 3.39. The lowest BCUT2D eigenvalue weighted by molar-refractivity contribution is -0.148. The van der Waals surface area contributed by atoms with Gasteiger partial charge in [-0.3, -0.25) is 9.59 Å². The van der Waals surface area contributed by atoms with E-state index in [0.717, 1.165) is 25.8 Å². The van der Waals surface area contributed by atoms with E-state index in [0.29, 0.717) is 19.5 Å². The van der Waals surface area contributed by atoms with E-state index >= 15 is 0 Å². The van der Waals surface area contributed by atoms with Gasteiger partial charge >= 0.3 is 0 Å². The van der Waals surface area contributed by atoms with Gasteiger partial charge in [-0.1, -0.05) is 13.8 Å². The van der Waals surface area contributed by atoms with Gasteiger partial charge in [0.1, 0.15) is 6.04 Å². The average Bonchev–Trinajstić information content (AvgIpc) is 2.87. The molecule has 0 aromatic heterocycles. The molecule has 0 spiro atoms. The second-order valence-corrected chi connectivity index (χ2v) is 5.18. The van der Waals surface area contributed by atoms with Gasteiger partial charge in [0.2, 0.25) is 11.8 Å². The van der Waals surface area contributed by atoms with E-state index in [1.807, 2.05) is 13.8 Å². The van der Waals surface area contributed by atoms with Crippen LogP contribution in [0.25, 0.3) is 0 Å². The van der Waals surface area contributed by atoms with Crippen LogP contribution < -0.4 is 10.6 Å². The fourth-order valence-electron chi connectivity index (χ4n) is 3.08. The van der Waals surface area contributed by atoms with E-state index < -0.39 is 5.54 Å². The number of carbonyl (C=O) groups is 2. The Morgan fingerprint density at radius 2 is 2.22 bits per heavy atom. The fourth-order valence-corrected chi connectivity index (χ4v) is 3.08. The highest BCUT2D eigenvalue weighted by Gasteiger charge is 2.45. The van der Waals surface area contributed by atoms with Crippen molar-refractivity contribution in [1.29, 1.82) is 0 Å². The van der Waals surface area contributed by atoms with E-state index in [2.05, 4.69) is 10.6 Å². The summed E-state index contributed by atoms with van der Waals surface area (Å²) in [6.45, 7) is 6.10. The average molecular weight is 253 g/mol. The molecule has 2 aliphatic rings. The Bertz CT molecular complexity index is 337. The van der Waals surface area contributed by atoms with Gasteiger partial charge in [0, 0.05) is 13.1 Å². The number of hydrogen-bond acceptors (Lipinski definition) is 3. The van der Waals surface area contributed by atoms with E-state index in [1.54, 1.807) is 4.90 Å². The lowest BCUT2D eigenvalue weighted by atomic mass is 9.91. The van der Waals surface area contributed by atoms with Crippen molar-refractivity contribution in [1.82, 2.24) is 15.5 Å². The summed E-state index contributed by atoms with van der Waals surface area (Å²) >= 11 is 0. The Morgan fingerprint density at radius 3 is 2.78 bits per heavy atom. The number of piperazine rings is 1. The first kappa shape index (κ1) is 13.3. The summed E-state index contributed by atoms with van der Waals surface area (Å²) in [5, 5.41) is 6.19. The van der Waals surface area contributed by atoms with E-state index in [4.69, 9.17) is 0 Å². The predicted molar refractivity (Wildman–Crippen MR) is 69.1 cm³/mol. The molecule has 2 aliphatic heterocycles. The number of hydrogen-bond donors (Lipinski definition) is 2. The molecule has 2 fully saturated rings. The lowest BCUT2D eigenvalue weighted by Gasteiger charge is -2.40. The molecule has 0 aromatic rings. The predicted octanol–water partition coefficient (Wildman–Crippen LogP) is 0.256. The first-order chi connectivity index (χ1) is 8.64. The molecule has 102 valence electrons. The minimum absolute atomic E-state index is 0.0126. The highest BCUT2D eigenvalue weighted by atomic mass is 16.2. The first-order valence-corrected chi connectivity index (χ1v) is 6.98. The van der Waals surface area contributed by atoms with Gasteiger partial charge in [-0.25, -0.2) is 0 Å². The third kappa shape index (κ3) is 2.11. The van der Waals surface area contributed by atoms with E-state index in [1.165, 1.54) is 0 Å². The molecule has 2 amide bonds. The molecule has 2 N–H and O–H groups in total. The van der Waals surface area contributed by atoms with Crippen LogP contribution in [0.5, 0.6) is 0 Å². The van der Waals surface area contributed by atoms with Crippen molar-refractivity contribution >= 4 is 11.8 Å². The molecule has 2 rings (SSSR count). The molecule has 2 heterocycles. The fraction of sp³-hybridized carbons (Fsp3) is 0.846. The molecule has 18 heavy (non-hydrogen) atoms. The summed E-state index contributed by atoms with van der Waals surface area (Å²) in [5.41, 5.74) is -0.426. The lowest BCUT2D eigenvalue weighted by Crippen LogP contribution is -2.63. The van der Waals surface area contributed by atoms with Crippen molar-refractivity contribution in [3.05, 3.63) is 0 Å². The molecule has 5 nitrogen and oxygen atoms in total. The molecule has 0 aliphatic carbocycles. The van der Waals surface area contributed by atoms with Crippen LogP contribution in [0.15, 0.2) is 0 Å². The van der Waals surface area contributed by atoms with Crippen LogP contribution in [-0.4, -0.2) is 47.9 Å². The Balaban J connectivity index is 2.18. The quantitative estimate of drug-likeness (QED) is 0.758. The van der Waals surface area contributed by atoms with Crippen molar-refractivity contribution in [3.63, 3.8) is 0 Å². The molecule has 0 radical (unpaired) electrons. The van der Waals surface area contributed by atoms with Crippen LogP contribution >= 0.6 is 0 Å². The molecule has 0 bridgehead atoms. The van der Waals surface area contributed by atoms with Crippen LogP contribution in [0.1, 0.15) is 39.5 Å². The highest BCUT2D eigenvalue weighted by molar-refractivity contribution is 5.93. The van der Waals surface area contributed by atoms with Crippen molar-refractivity contribution in [2.24, 2.45) is 0 Å². The Hall–Kier alpha value is -1.10. The maximum atomic E-state index is 12.8. The van der Waals surface area contributed by atoms with Crippen molar-refractivity contribution in [2.45, 2.75) is 51.1 Å². The van der Waals surface area contributed by atoms with Crippen LogP contribution in [0.2, 0.25) is 0 Å². The Morgan fingerprint density at radius 1 is 1.44 bits per heavy atom. The molecule has 2 unspecified atom stereocenters. The molecular weight excluding hydrogens is 230 g/mol. The maximum absolute atomic E-state index is 12.8. The highest BCUT2D eigenvalue weighted by Crippen LogP contribution is 2.27. The number of nitrogens with zero attached hydrogens (tertiary/aromatic N) is 1. The number of amides is 2. The molecule has 0 aromatic carbocycles. The number of carbonyl (C=O) groups excluding carboxylic acids is 2. The van der Waals surface area contributed by atoms with E-state index in [9.17, 15) is 9.59 Å². The normalized spacial score (nSPS) is 32.4. The van der Waals surface area contributed by atoms with Crippen LogP contribution in [0.4, 0.5) is 0 Å². The minimum Gasteiger partial charge on any atom is -0.353 e. The van der Waals surface area contributed by atoms with Crippen molar-refractivity contribution in [2.75, 3.05) is 19.6 Å². The van der Waals surface area contributed by atoms with Gasteiger partial charge in [-0.15, -0.1) is 0 Å². The van der Waals surface area contributed by atoms with Crippen molar-refractivity contribution in [3.8, 4) is 0 Å². The zero-order chi connectivity index (χ0) is 13.2. The standard InChI is InChI=1S/C13H23N3O2/c1-3-10-11(17)14-8-9-16(10)12(18)13(4-2)6-5-7-15-13/h10,15H,3-9H2,1-2H3,(H,14,17). The number of rotatable bonds is 3. The van der Waals surface area contributed by atoms with Crippen molar-refractivity contribution < 1.29 is 9.59 Å². The molecule has 0 saturated carbocycles. The molecule has 2 atom stereocenters. The van der Waals surface area contributed by atoms with Crippen LogP contribution in [0, 0.1) is 0 Å². The van der Waals surface area contributed by atoms with Gasteiger partial charge in [0.15, 0.2) is 0 Å².